The van der Waals surface area contributed by atoms with E-state index in [0.717, 1.165) is 18.5 Å². The third kappa shape index (κ3) is 6.75. The number of esters is 2. The van der Waals surface area contributed by atoms with E-state index >= 15 is 0 Å². The monoisotopic (exact) mass is 587 g/mol. The lowest BCUT2D eigenvalue weighted by molar-refractivity contribution is -0.139. The van der Waals surface area contributed by atoms with E-state index in [-0.39, 0.29) is 34.8 Å². The zero-order valence-corrected chi connectivity index (χ0v) is 25.0. The summed E-state index contributed by atoms with van der Waals surface area (Å²) in [6.07, 6.45) is 1.35. The van der Waals surface area contributed by atoms with Crippen LogP contribution in [0.25, 0.3) is 0 Å². The van der Waals surface area contributed by atoms with Crippen molar-refractivity contribution in [3.8, 4) is 6.07 Å². The normalized spacial score (nSPS) is 19.0. The molecule has 43 heavy (non-hydrogen) atoms. The lowest BCUT2D eigenvalue weighted by Crippen LogP contribution is -2.47. The molecule has 0 bridgehead atoms. The van der Waals surface area contributed by atoms with E-state index < -0.39 is 23.5 Å². The number of carbonyl (C=O) groups excluding carboxylic acids is 3. The van der Waals surface area contributed by atoms with Gasteiger partial charge in [0, 0.05) is 30.5 Å². The number of piperidine rings is 1. The maximum atomic E-state index is 13.3. The summed E-state index contributed by atoms with van der Waals surface area (Å²) >= 11 is 0. The average molecular weight is 588 g/mol. The number of nitrogens with zero attached hydrogens (tertiary/aromatic N) is 3. The Kier molecular flexibility index (Phi) is 9.29. The summed E-state index contributed by atoms with van der Waals surface area (Å²) < 4.78 is 15.7. The van der Waals surface area contributed by atoms with Gasteiger partial charge in [-0.25, -0.2) is 14.4 Å². The van der Waals surface area contributed by atoms with Gasteiger partial charge in [0.2, 0.25) is 0 Å². The molecule has 3 N–H and O–H groups in total. The second-order valence-electron chi connectivity index (χ2n) is 11.3. The fourth-order valence-corrected chi connectivity index (χ4v) is 5.31. The van der Waals surface area contributed by atoms with Gasteiger partial charge >= 0.3 is 18.0 Å². The summed E-state index contributed by atoms with van der Waals surface area (Å²) in [6.45, 7) is 6.64. The molecule has 1 amide bonds. The molecule has 0 radical (unpaired) electrons. The molecule has 11 heteroatoms. The second-order valence-corrected chi connectivity index (χ2v) is 11.3. The van der Waals surface area contributed by atoms with Crippen molar-refractivity contribution in [1.82, 2.24) is 4.90 Å². The zero-order chi connectivity index (χ0) is 31.3. The number of nitrogens with one attached hydrogen (secondary N) is 1. The zero-order valence-electron chi connectivity index (χ0n) is 25.0. The van der Waals surface area contributed by atoms with E-state index in [0.29, 0.717) is 24.3 Å². The summed E-state index contributed by atoms with van der Waals surface area (Å²) in [5, 5.41) is 13.7. The Morgan fingerprint density at radius 2 is 1.65 bits per heavy atom. The first-order chi connectivity index (χ1) is 20.5. The number of anilines is 2. The molecule has 226 valence electrons. The number of nitrogens with two attached hydrogens (primary N) is 1. The number of ether oxygens (including phenoxy) is 3. The summed E-state index contributed by atoms with van der Waals surface area (Å²) in [4.78, 5) is 42.1. The molecule has 0 aromatic heterocycles. The maximum Gasteiger partial charge on any atom is 0.410 e. The molecular weight excluding hydrogens is 550 g/mol. The van der Waals surface area contributed by atoms with Crippen LogP contribution in [0.5, 0.6) is 0 Å². The number of carbonyl (C=O) groups is 3. The number of hydrogen-bond acceptors (Lipinski definition) is 10. The van der Waals surface area contributed by atoms with Crippen molar-refractivity contribution in [1.29, 1.82) is 5.26 Å². The first-order valence-corrected chi connectivity index (χ1v) is 14.0. The molecule has 4 rings (SSSR count). The highest BCUT2D eigenvalue weighted by atomic mass is 16.6. The molecule has 2 aromatic carbocycles. The van der Waals surface area contributed by atoms with Gasteiger partial charge in [-0.2, -0.15) is 5.26 Å². The molecule has 2 aliphatic heterocycles. The van der Waals surface area contributed by atoms with Crippen LogP contribution in [0.15, 0.2) is 77.3 Å². The van der Waals surface area contributed by atoms with Crippen molar-refractivity contribution in [2.24, 2.45) is 5.73 Å². The molecule has 0 aliphatic carbocycles. The lowest BCUT2D eigenvalue weighted by atomic mass is 9.81. The second kappa shape index (κ2) is 12.9. The van der Waals surface area contributed by atoms with Gasteiger partial charge in [0.25, 0.3) is 0 Å². The standard InChI is InChI=1S/C32H37N5O6/c1-32(2,3)43-31(40)36-17-9-12-22(19-36)35-21-13-15-23(16-14-21)37-27(30(39)42-5)26(29(38)41-4)25(24(18-33)28(37)34)20-10-7-6-8-11-20/h6-8,10-11,13-16,22,25,35H,9,12,17,19,34H2,1-5H3. The number of methoxy groups -OCH3 is 2. The molecule has 2 aliphatic rings. The summed E-state index contributed by atoms with van der Waals surface area (Å²) in [5.41, 5.74) is 7.70. The molecule has 0 saturated carbocycles. The van der Waals surface area contributed by atoms with Crippen molar-refractivity contribution >= 4 is 29.4 Å². The molecule has 2 atom stereocenters. The highest BCUT2D eigenvalue weighted by Gasteiger charge is 2.43. The van der Waals surface area contributed by atoms with Crippen LogP contribution in [0.3, 0.4) is 0 Å². The number of allylic oxidation sites excluding steroid dienone is 1. The lowest BCUT2D eigenvalue weighted by Gasteiger charge is -2.36. The van der Waals surface area contributed by atoms with Crippen molar-refractivity contribution in [2.75, 3.05) is 37.5 Å². The Morgan fingerprint density at radius 1 is 1.00 bits per heavy atom. The number of benzene rings is 2. The first-order valence-electron chi connectivity index (χ1n) is 14.0. The van der Waals surface area contributed by atoms with Gasteiger partial charge in [0.15, 0.2) is 0 Å². The molecule has 11 nitrogen and oxygen atoms in total. The van der Waals surface area contributed by atoms with E-state index in [9.17, 15) is 19.6 Å². The van der Waals surface area contributed by atoms with Crippen LogP contribution >= 0.6 is 0 Å². The van der Waals surface area contributed by atoms with Gasteiger partial charge in [-0.1, -0.05) is 30.3 Å². The van der Waals surface area contributed by atoms with Crippen molar-refractivity contribution in [3.63, 3.8) is 0 Å². The van der Waals surface area contributed by atoms with Crippen LogP contribution in [0, 0.1) is 11.3 Å². The number of nitriles is 1. The third-order valence-corrected chi connectivity index (χ3v) is 7.18. The Bertz CT molecular complexity index is 1470. The van der Waals surface area contributed by atoms with Gasteiger partial charge in [0.05, 0.1) is 37.4 Å². The smallest absolute Gasteiger partial charge is 0.410 e. The fraction of sp³-hybridized carbons (Fsp3) is 0.375. The van der Waals surface area contributed by atoms with Gasteiger partial charge in [-0.05, 0) is 63.4 Å². The molecule has 1 fully saturated rings. The number of amides is 1. The van der Waals surface area contributed by atoms with E-state index in [2.05, 4.69) is 11.4 Å². The van der Waals surface area contributed by atoms with Crippen LogP contribution in [0.1, 0.15) is 45.1 Å². The minimum absolute atomic E-state index is 0.000320. The number of hydrogen-bond donors (Lipinski definition) is 2. The minimum Gasteiger partial charge on any atom is -0.466 e. The van der Waals surface area contributed by atoms with Gasteiger partial charge in [0.1, 0.15) is 17.1 Å². The third-order valence-electron chi connectivity index (χ3n) is 7.18. The van der Waals surface area contributed by atoms with Crippen LogP contribution in [0.4, 0.5) is 16.2 Å². The molecular formula is C32H37N5O6. The molecule has 2 unspecified atom stereocenters. The molecule has 2 aromatic rings. The molecule has 0 spiro atoms. The van der Waals surface area contributed by atoms with E-state index in [1.54, 1.807) is 59.5 Å². The predicted molar refractivity (Wildman–Crippen MR) is 160 cm³/mol. The predicted octanol–water partition coefficient (Wildman–Crippen LogP) is 4.40. The number of likely N-dealkylation sites (tertiary alicyclic amines) is 1. The Morgan fingerprint density at radius 3 is 2.23 bits per heavy atom. The van der Waals surface area contributed by atoms with Crippen molar-refractivity contribution < 1.29 is 28.6 Å². The fourth-order valence-electron chi connectivity index (χ4n) is 5.31. The topological polar surface area (TPSA) is 147 Å². The summed E-state index contributed by atoms with van der Waals surface area (Å²) in [7, 11) is 2.41. The minimum atomic E-state index is -0.941. The van der Waals surface area contributed by atoms with Crippen molar-refractivity contribution in [2.45, 2.75) is 51.2 Å². The molecule has 2 heterocycles. The van der Waals surface area contributed by atoms with Crippen molar-refractivity contribution in [3.05, 3.63) is 82.8 Å². The van der Waals surface area contributed by atoms with Crippen LogP contribution in [-0.4, -0.2) is 61.9 Å². The average Bonchev–Trinajstić information content (AvgIpc) is 3.00. The molecule has 1 saturated heterocycles. The summed E-state index contributed by atoms with van der Waals surface area (Å²) in [6, 6.07) is 18.0. The van der Waals surface area contributed by atoms with E-state index in [1.807, 2.05) is 20.8 Å². The Hall–Kier alpha value is -4.98. The first kappa shape index (κ1) is 31.0. The van der Waals surface area contributed by atoms with Gasteiger partial charge in [-0.15, -0.1) is 0 Å². The van der Waals surface area contributed by atoms with Gasteiger partial charge < -0.3 is 30.2 Å². The van der Waals surface area contributed by atoms with Crippen LogP contribution < -0.4 is 16.0 Å². The van der Waals surface area contributed by atoms with Crippen LogP contribution in [-0.2, 0) is 23.8 Å². The maximum absolute atomic E-state index is 13.3. The van der Waals surface area contributed by atoms with Gasteiger partial charge in [-0.3, -0.25) is 4.90 Å². The van der Waals surface area contributed by atoms with E-state index in [1.165, 1.54) is 19.1 Å². The van der Waals surface area contributed by atoms with Crippen LogP contribution in [0.2, 0.25) is 0 Å². The quantitative estimate of drug-likeness (QED) is 0.368. The number of rotatable bonds is 6. The Balaban J connectivity index is 1.68. The van der Waals surface area contributed by atoms with E-state index in [4.69, 9.17) is 19.9 Å². The highest BCUT2D eigenvalue weighted by Crippen LogP contribution is 2.43. The highest BCUT2D eigenvalue weighted by molar-refractivity contribution is 6.06. The summed E-state index contributed by atoms with van der Waals surface area (Å²) in [5.74, 6) is -2.55. The largest absolute Gasteiger partial charge is 0.466 e. The Labute approximate surface area is 251 Å². The SMILES string of the molecule is COC(=O)C1=C(C(=O)OC)N(c2ccc(NC3CCCN(C(=O)OC(C)(C)C)C3)cc2)C(N)=C(C#N)C1c1ccccc1.